The Morgan fingerprint density at radius 3 is 2.63 bits per heavy atom. The molecule has 0 unspecified atom stereocenters. The zero-order valence-electron chi connectivity index (χ0n) is 22.1. The van der Waals surface area contributed by atoms with Gasteiger partial charge in [-0.1, -0.05) is 25.2 Å². The van der Waals surface area contributed by atoms with Gasteiger partial charge in [-0.25, -0.2) is 4.39 Å². The van der Waals surface area contributed by atoms with Crippen molar-refractivity contribution in [2.75, 3.05) is 26.8 Å². The number of likely N-dealkylation sites (N-methyl/N-ethyl adjacent to an activating group) is 1. The number of fused-ring (bicyclic) bond motifs is 1. The molecule has 0 aliphatic carbocycles. The molecular weight excluding hydrogens is 511 g/mol. The predicted octanol–water partition coefficient (Wildman–Crippen LogP) is 3.62. The molecule has 3 aromatic heterocycles. The Morgan fingerprint density at radius 1 is 1.24 bits per heavy atom. The highest BCUT2D eigenvalue weighted by Crippen LogP contribution is 2.31. The van der Waals surface area contributed by atoms with Crippen molar-refractivity contribution in [2.45, 2.75) is 40.7 Å². The first-order valence-electron chi connectivity index (χ1n) is 12.4. The number of benzene rings is 1. The number of halogens is 1. The molecule has 4 aromatic rings. The summed E-state index contributed by atoms with van der Waals surface area (Å²) in [5.41, 5.74) is 1.09. The molecule has 202 valence electrons. The van der Waals surface area contributed by atoms with E-state index in [0.29, 0.717) is 51.6 Å². The van der Waals surface area contributed by atoms with Gasteiger partial charge in [0.15, 0.2) is 0 Å². The zero-order chi connectivity index (χ0) is 27.4. The second-order valence-electron chi connectivity index (χ2n) is 9.01. The first-order valence-corrected chi connectivity index (χ1v) is 13.2. The minimum absolute atomic E-state index is 0.00834. The average molecular weight is 543 g/mol. The van der Waals surface area contributed by atoms with Gasteiger partial charge in [0.2, 0.25) is 5.91 Å². The summed E-state index contributed by atoms with van der Waals surface area (Å²) >= 11 is 1.29. The van der Waals surface area contributed by atoms with E-state index < -0.39 is 0 Å². The molecule has 0 atom stereocenters. The fraction of sp³-hybridized carbons (Fsp3) is 0.423. The molecule has 0 radical (unpaired) electrons. The number of methoxy groups -OCH3 is 1. The number of aromatic nitrogens is 5. The highest BCUT2D eigenvalue weighted by molar-refractivity contribution is 7.21. The van der Waals surface area contributed by atoms with Crippen LogP contribution in [0.3, 0.4) is 0 Å². The van der Waals surface area contributed by atoms with Crippen LogP contribution in [0.15, 0.2) is 35.4 Å². The topological polar surface area (TPSA) is 104 Å². The van der Waals surface area contributed by atoms with E-state index in [4.69, 9.17) is 9.47 Å². The molecular formula is C26H31FN6O4S. The van der Waals surface area contributed by atoms with Crippen LogP contribution in [0.1, 0.15) is 31.9 Å². The quantitative estimate of drug-likeness (QED) is 0.285. The summed E-state index contributed by atoms with van der Waals surface area (Å²) in [5.74, 6) is 0.0221. The first-order chi connectivity index (χ1) is 18.2. The first kappa shape index (κ1) is 27.2. The summed E-state index contributed by atoms with van der Waals surface area (Å²) in [7, 11) is 1.52. The van der Waals surface area contributed by atoms with E-state index >= 15 is 0 Å². The summed E-state index contributed by atoms with van der Waals surface area (Å²) in [5, 5.41) is 9.53. The van der Waals surface area contributed by atoms with Crippen LogP contribution < -0.4 is 15.0 Å². The van der Waals surface area contributed by atoms with Crippen molar-refractivity contribution in [3.63, 3.8) is 0 Å². The van der Waals surface area contributed by atoms with Crippen LogP contribution in [-0.4, -0.2) is 62.2 Å². The van der Waals surface area contributed by atoms with Gasteiger partial charge < -0.3 is 14.4 Å². The Labute approximate surface area is 223 Å². The fourth-order valence-corrected chi connectivity index (χ4v) is 5.29. The van der Waals surface area contributed by atoms with Crippen molar-refractivity contribution in [3.05, 3.63) is 57.9 Å². The lowest BCUT2D eigenvalue weighted by atomic mass is 10.1. The molecule has 12 heteroatoms. The number of nitrogens with zero attached hydrogens (tertiary/aromatic N) is 6. The minimum atomic E-state index is -0.374. The molecule has 0 N–H and O–H groups in total. The molecule has 4 rings (SSSR count). The minimum Gasteiger partial charge on any atom is -0.496 e. The van der Waals surface area contributed by atoms with Crippen LogP contribution in [0.4, 0.5) is 4.39 Å². The zero-order valence-corrected chi connectivity index (χ0v) is 22.9. The molecule has 0 bridgehead atoms. The van der Waals surface area contributed by atoms with Crippen molar-refractivity contribution in [2.24, 2.45) is 5.92 Å². The summed E-state index contributed by atoms with van der Waals surface area (Å²) in [6.45, 7) is 8.62. The molecule has 1 aromatic carbocycles. The van der Waals surface area contributed by atoms with E-state index in [1.54, 1.807) is 23.4 Å². The molecule has 0 fully saturated rings. The van der Waals surface area contributed by atoms with E-state index in [9.17, 15) is 14.0 Å². The standard InChI is InChI=1S/C26H31FN6O4S/c1-6-31(23(34)16(2)3)12-13-32-24(35)21-17(4)25(33-28-10-11-29-33)38-22(21)30-26(32)37-14-9-18-15-19(27)7-8-20(18)36-5/h7-8,10-11,15-16H,6,9,12-14H2,1-5H3. The molecule has 0 aliphatic heterocycles. The van der Waals surface area contributed by atoms with Crippen LogP contribution in [0.5, 0.6) is 11.8 Å². The van der Waals surface area contributed by atoms with E-state index in [-0.39, 0.29) is 42.4 Å². The van der Waals surface area contributed by atoms with E-state index in [1.807, 2.05) is 27.7 Å². The Morgan fingerprint density at radius 2 is 1.97 bits per heavy atom. The summed E-state index contributed by atoms with van der Waals surface area (Å²) in [6.07, 6.45) is 3.47. The lowest BCUT2D eigenvalue weighted by molar-refractivity contribution is -0.134. The van der Waals surface area contributed by atoms with Crippen molar-refractivity contribution in [1.29, 1.82) is 0 Å². The SMILES string of the molecule is CCN(CCn1c(OCCc2cc(F)ccc2OC)nc2sc(-n3nccn3)c(C)c2c1=O)C(=O)C(C)C. The predicted molar refractivity (Wildman–Crippen MR) is 143 cm³/mol. The van der Waals surface area contributed by atoms with Gasteiger partial charge >= 0.3 is 6.01 Å². The van der Waals surface area contributed by atoms with Gasteiger partial charge in [-0.2, -0.15) is 15.2 Å². The lowest BCUT2D eigenvalue weighted by Crippen LogP contribution is -2.38. The highest BCUT2D eigenvalue weighted by Gasteiger charge is 2.22. The third-order valence-electron chi connectivity index (χ3n) is 6.22. The Hall–Kier alpha value is -3.80. The Bertz CT molecular complexity index is 1480. The van der Waals surface area contributed by atoms with Crippen molar-refractivity contribution in [3.8, 4) is 16.8 Å². The Balaban J connectivity index is 1.69. The van der Waals surface area contributed by atoms with Crippen molar-refractivity contribution in [1.82, 2.24) is 29.4 Å². The number of carbonyl (C=O) groups excluding carboxylic acids is 1. The normalized spacial score (nSPS) is 11.3. The van der Waals surface area contributed by atoms with Gasteiger partial charge in [0.05, 0.1) is 31.5 Å². The number of rotatable bonds is 11. The summed E-state index contributed by atoms with van der Waals surface area (Å²) in [4.78, 5) is 34.7. The maximum atomic E-state index is 13.8. The molecule has 0 aliphatic rings. The van der Waals surface area contributed by atoms with Crippen molar-refractivity contribution >= 4 is 27.5 Å². The molecule has 38 heavy (non-hydrogen) atoms. The number of ether oxygens (including phenoxy) is 2. The molecule has 0 saturated heterocycles. The number of amides is 1. The largest absolute Gasteiger partial charge is 0.496 e. The van der Waals surface area contributed by atoms with Gasteiger partial charge in [0.1, 0.15) is 21.4 Å². The highest BCUT2D eigenvalue weighted by atomic mass is 32.1. The number of hydrogen-bond donors (Lipinski definition) is 0. The summed E-state index contributed by atoms with van der Waals surface area (Å²) < 4.78 is 26.6. The van der Waals surface area contributed by atoms with Gasteiger partial charge in [-0.3, -0.25) is 14.2 Å². The fourth-order valence-electron chi connectivity index (χ4n) is 4.21. The second kappa shape index (κ2) is 11.7. The van der Waals surface area contributed by atoms with E-state index in [2.05, 4.69) is 15.2 Å². The summed E-state index contributed by atoms with van der Waals surface area (Å²) in [6, 6.07) is 4.43. The van der Waals surface area contributed by atoms with E-state index in [1.165, 1.54) is 39.9 Å². The molecule has 0 spiro atoms. The number of thiophene rings is 1. The molecule has 10 nitrogen and oxygen atoms in total. The van der Waals surface area contributed by atoms with E-state index in [0.717, 1.165) is 0 Å². The van der Waals surface area contributed by atoms with Gasteiger partial charge in [-0.05, 0) is 32.0 Å². The van der Waals surface area contributed by atoms with Crippen LogP contribution >= 0.6 is 11.3 Å². The van der Waals surface area contributed by atoms with Crippen LogP contribution in [0, 0.1) is 18.7 Å². The average Bonchev–Trinajstić information content (AvgIpc) is 3.53. The third-order valence-corrected chi connectivity index (χ3v) is 7.37. The maximum Gasteiger partial charge on any atom is 0.300 e. The monoisotopic (exact) mass is 542 g/mol. The number of hydrogen-bond acceptors (Lipinski definition) is 8. The molecule has 1 amide bonds. The number of aryl methyl sites for hydroxylation is 1. The lowest BCUT2D eigenvalue weighted by Gasteiger charge is -2.24. The maximum absolute atomic E-state index is 13.8. The van der Waals surface area contributed by atoms with Crippen LogP contribution in [-0.2, 0) is 17.8 Å². The second-order valence-corrected chi connectivity index (χ2v) is 9.99. The number of carbonyl (C=O) groups is 1. The van der Waals surface area contributed by atoms with Gasteiger partial charge in [-0.15, -0.1) is 4.80 Å². The van der Waals surface area contributed by atoms with Crippen LogP contribution in [0.25, 0.3) is 15.2 Å². The van der Waals surface area contributed by atoms with Gasteiger partial charge in [0, 0.05) is 43.1 Å². The van der Waals surface area contributed by atoms with Crippen molar-refractivity contribution < 1.29 is 18.7 Å². The van der Waals surface area contributed by atoms with Crippen LogP contribution in [0.2, 0.25) is 0 Å². The van der Waals surface area contributed by atoms with Gasteiger partial charge in [0.25, 0.3) is 5.56 Å². The molecule has 3 heterocycles. The third kappa shape index (κ3) is 5.54. The molecule has 0 saturated carbocycles. The Kier molecular flexibility index (Phi) is 8.40. The smallest absolute Gasteiger partial charge is 0.300 e.